The largest absolute Gasteiger partial charge is 0.478 e. The highest BCUT2D eigenvalue weighted by Crippen LogP contribution is 2.08. The molecule has 0 aliphatic heterocycles. The zero-order chi connectivity index (χ0) is 13.7. The van der Waals surface area contributed by atoms with Crippen molar-refractivity contribution in [2.75, 3.05) is 0 Å². The monoisotopic (exact) mass is 258 g/mol. The lowest BCUT2D eigenvalue weighted by Gasteiger charge is -2.07. The lowest BCUT2D eigenvalue weighted by atomic mass is 10.1. The SMILES string of the molecule is O=C(O)c1ccccc1CNCc1ccc(=O)[nH]c1. The van der Waals surface area contributed by atoms with Gasteiger partial charge in [-0.1, -0.05) is 24.3 Å². The predicted molar refractivity (Wildman–Crippen MR) is 71.0 cm³/mol. The molecule has 0 spiro atoms. The van der Waals surface area contributed by atoms with Crippen molar-refractivity contribution in [2.45, 2.75) is 13.1 Å². The molecule has 0 amide bonds. The van der Waals surface area contributed by atoms with Crippen LogP contribution in [0.4, 0.5) is 0 Å². The van der Waals surface area contributed by atoms with E-state index in [-0.39, 0.29) is 5.56 Å². The second kappa shape index (κ2) is 5.97. The second-order valence-electron chi connectivity index (χ2n) is 4.13. The van der Waals surface area contributed by atoms with Crippen LogP contribution in [0.2, 0.25) is 0 Å². The van der Waals surface area contributed by atoms with Crippen LogP contribution in [0.1, 0.15) is 21.5 Å². The summed E-state index contributed by atoms with van der Waals surface area (Å²) in [5.41, 5.74) is 1.84. The highest BCUT2D eigenvalue weighted by molar-refractivity contribution is 5.89. The summed E-state index contributed by atoms with van der Waals surface area (Å²) >= 11 is 0. The van der Waals surface area contributed by atoms with Crippen LogP contribution in [0.25, 0.3) is 0 Å². The zero-order valence-electron chi connectivity index (χ0n) is 10.2. The first-order chi connectivity index (χ1) is 9.16. The number of carboxylic acid groups (broad SMARTS) is 1. The lowest BCUT2D eigenvalue weighted by molar-refractivity contribution is 0.0695. The standard InChI is InChI=1S/C14H14N2O3/c17-13-6-5-10(8-16-13)7-15-9-11-3-1-2-4-12(11)14(18)19/h1-6,8,15H,7,9H2,(H,16,17)(H,18,19). The summed E-state index contributed by atoms with van der Waals surface area (Å²) in [4.78, 5) is 24.5. The van der Waals surface area contributed by atoms with E-state index in [1.165, 1.54) is 6.07 Å². The fraction of sp³-hybridized carbons (Fsp3) is 0.143. The number of carboxylic acids is 1. The summed E-state index contributed by atoms with van der Waals surface area (Å²) in [6, 6.07) is 10.1. The van der Waals surface area contributed by atoms with Crippen molar-refractivity contribution < 1.29 is 9.90 Å². The maximum absolute atomic E-state index is 11.0. The fourth-order valence-electron chi connectivity index (χ4n) is 1.78. The van der Waals surface area contributed by atoms with Crippen molar-refractivity contribution in [3.8, 4) is 0 Å². The van der Waals surface area contributed by atoms with Crippen molar-refractivity contribution in [3.63, 3.8) is 0 Å². The highest BCUT2D eigenvalue weighted by atomic mass is 16.4. The number of hydrogen-bond acceptors (Lipinski definition) is 3. The van der Waals surface area contributed by atoms with Crippen molar-refractivity contribution in [2.24, 2.45) is 0 Å². The molecule has 0 aliphatic carbocycles. The number of aromatic carboxylic acids is 1. The first-order valence-electron chi connectivity index (χ1n) is 5.86. The summed E-state index contributed by atoms with van der Waals surface area (Å²) < 4.78 is 0. The average molecular weight is 258 g/mol. The number of rotatable bonds is 5. The van der Waals surface area contributed by atoms with Gasteiger partial charge in [-0.05, 0) is 17.2 Å². The molecule has 19 heavy (non-hydrogen) atoms. The maximum atomic E-state index is 11.0. The number of aromatic amines is 1. The molecule has 3 N–H and O–H groups in total. The molecule has 0 aliphatic rings. The third-order valence-electron chi connectivity index (χ3n) is 2.74. The molecule has 0 unspecified atom stereocenters. The van der Waals surface area contributed by atoms with E-state index in [9.17, 15) is 9.59 Å². The van der Waals surface area contributed by atoms with Gasteiger partial charge in [-0.3, -0.25) is 4.79 Å². The van der Waals surface area contributed by atoms with Gasteiger partial charge in [-0.15, -0.1) is 0 Å². The van der Waals surface area contributed by atoms with E-state index in [1.807, 2.05) is 6.07 Å². The van der Waals surface area contributed by atoms with Crippen LogP contribution in [0.15, 0.2) is 47.4 Å². The molecular weight excluding hydrogens is 244 g/mol. The van der Waals surface area contributed by atoms with Gasteiger partial charge in [0, 0.05) is 25.4 Å². The van der Waals surface area contributed by atoms with Gasteiger partial charge in [0.05, 0.1) is 5.56 Å². The van der Waals surface area contributed by atoms with Crippen molar-refractivity contribution in [1.29, 1.82) is 0 Å². The number of aromatic nitrogens is 1. The van der Waals surface area contributed by atoms with Gasteiger partial charge in [0.25, 0.3) is 0 Å². The molecule has 0 radical (unpaired) electrons. The Hall–Kier alpha value is -2.40. The molecule has 1 aromatic heterocycles. The Kier molecular flexibility index (Phi) is 4.10. The number of H-pyrrole nitrogens is 1. The van der Waals surface area contributed by atoms with Crippen LogP contribution in [0.5, 0.6) is 0 Å². The minimum atomic E-state index is -0.929. The minimum absolute atomic E-state index is 0.139. The molecule has 0 bridgehead atoms. The van der Waals surface area contributed by atoms with Gasteiger partial charge in [-0.25, -0.2) is 4.79 Å². The first kappa shape index (κ1) is 13.0. The number of pyridine rings is 1. The topological polar surface area (TPSA) is 82.2 Å². The zero-order valence-corrected chi connectivity index (χ0v) is 10.2. The molecule has 2 rings (SSSR count). The average Bonchev–Trinajstić information content (AvgIpc) is 2.41. The van der Waals surface area contributed by atoms with Gasteiger partial charge in [-0.2, -0.15) is 0 Å². The summed E-state index contributed by atoms with van der Waals surface area (Å²) in [6.07, 6.45) is 1.64. The Balaban J connectivity index is 1.98. The van der Waals surface area contributed by atoms with E-state index in [0.717, 1.165) is 11.1 Å². The minimum Gasteiger partial charge on any atom is -0.478 e. The lowest BCUT2D eigenvalue weighted by Crippen LogP contribution is -2.16. The number of nitrogens with one attached hydrogen (secondary N) is 2. The van der Waals surface area contributed by atoms with Crippen LogP contribution in [0.3, 0.4) is 0 Å². The van der Waals surface area contributed by atoms with E-state index < -0.39 is 5.97 Å². The Bertz CT molecular complexity index is 614. The number of benzene rings is 1. The molecule has 0 saturated heterocycles. The Morgan fingerprint density at radius 1 is 1.16 bits per heavy atom. The third kappa shape index (κ3) is 3.53. The smallest absolute Gasteiger partial charge is 0.336 e. The summed E-state index contributed by atoms with van der Waals surface area (Å²) in [6.45, 7) is 1.02. The first-order valence-corrected chi connectivity index (χ1v) is 5.86. The molecule has 1 heterocycles. The quantitative estimate of drug-likeness (QED) is 0.756. The summed E-state index contributed by atoms with van der Waals surface area (Å²) in [7, 11) is 0. The van der Waals surface area contributed by atoms with Crippen LogP contribution in [0, 0.1) is 0 Å². The van der Waals surface area contributed by atoms with E-state index in [1.54, 1.807) is 30.5 Å². The molecule has 0 fully saturated rings. The molecular formula is C14H14N2O3. The maximum Gasteiger partial charge on any atom is 0.336 e. The fourth-order valence-corrected chi connectivity index (χ4v) is 1.78. The van der Waals surface area contributed by atoms with Crippen LogP contribution < -0.4 is 10.9 Å². The molecule has 5 nitrogen and oxygen atoms in total. The van der Waals surface area contributed by atoms with Gasteiger partial charge < -0.3 is 15.4 Å². The van der Waals surface area contributed by atoms with E-state index in [0.29, 0.717) is 18.7 Å². The molecule has 2 aromatic rings. The summed E-state index contributed by atoms with van der Waals surface area (Å²) in [5, 5.41) is 12.2. The number of hydrogen-bond donors (Lipinski definition) is 3. The van der Waals surface area contributed by atoms with Crippen molar-refractivity contribution >= 4 is 5.97 Å². The summed E-state index contributed by atoms with van der Waals surface area (Å²) in [5.74, 6) is -0.929. The highest BCUT2D eigenvalue weighted by Gasteiger charge is 2.07. The van der Waals surface area contributed by atoms with Crippen LogP contribution in [-0.4, -0.2) is 16.1 Å². The molecule has 1 aromatic carbocycles. The molecule has 98 valence electrons. The third-order valence-corrected chi connectivity index (χ3v) is 2.74. The van der Waals surface area contributed by atoms with E-state index >= 15 is 0 Å². The van der Waals surface area contributed by atoms with Crippen LogP contribution in [-0.2, 0) is 13.1 Å². The second-order valence-corrected chi connectivity index (χ2v) is 4.13. The van der Waals surface area contributed by atoms with E-state index in [4.69, 9.17) is 5.11 Å². The molecule has 0 saturated carbocycles. The predicted octanol–water partition coefficient (Wildman–Crippen LogP) is 1.36. The van der Waals surface area contributed by atoms with E-state index in [2.05, 4.69) is 10.3 Å². The van der Waals surface area contributed by atoms with Gasteiger partial charge in [0.2, 0.25) is 5.56 Å². The normalized spacial score (nSPS) is 10.3. The van der Waals surface area contributed by atoms with Crippen LogP contribution >= 0.6 is 0 Å². The van der Waals surface area contributed by atoms with Crippen molar-refractivity contribution in [3.05, 3.63) is 69.6 Å². The Morgan fingerprint density at radius 3 is 2.63 bits per heavy atom. The Labute approximate surface area is 109 Å². The Morgan fingerprint density at radius 2 is 1.95 bits per heavy atom. The van der Waals surface area contributed by atoms with Gasteiger partial charge in [0.1, 0.15) is 0 Å². The van der Waals surface area contributed by atoms with Gasteiger partial charge in [0.15, 0.2) is 0 Å². The number of carbonyl (C=O) groups is 1. The van der Waals surface area contributed by atoms with Crippen molar-refractivity contribution in [1.82, 2.24) is 10.3 Å². The van der Waals surface area contributed by atoms with Gasteiger partial charge >= 0.3 is 5.97 Å². The molecule has 0 atom stereocenters. The molecule has 5 heteroatoms.